The van der Waals surface area contributed by atoms with Crippen molar-refractivity contribution in [2.24, 2.45) is 0 Å². The third-order valence-corrected chi connectivity index (χ3v) is 4.73. The highest BCUT2D eigenvalue weighted by Gasteiger charge is 2.29. The number of hydrogen-bond donors (Lipinski definition) is 1. The second-order valence-electron chi connectivity index (χ2n) is 5.44. The van der Waals surface area contributed by atoms with E-state index in [1.54, 1.807) is 11.8 Å². The highest BCUT2D eigenvalue weighted by Crippen LogP contribution is 2.39. The zero-order chi connectivity index (χ0) is 14.8. The molecule has 4 nitrogen and oxygen atoms in total. The van der Waals surface area contributed by atoms with E-state index in [4.69, 9.17) is 16.0 Å². The van der Waals surface area contributed by atoms with Gasteiger partial charge in [0.2, 0.25) is 11.8 Å². The standard InChI is InChI=1S/C15H18ClN3OS/c1-9(2)21-14-11(16)4-3-5-12(14)17-8-13-18-19-15(20-13)10-6-7-10/h3-5,9-10,17H,6-8H2,1-2H3. The van der Waals surface area contributed by atoms with Gasteiger partial charge in [0.1, 0.15) is 0 Å². The number of hydrogen-bond acceptors (Lipinski definition) is 5. The normalized spacial score (nSPS) is 14.7. The van der Waals surface area contributed by atoms with Crippen LogP contribution in [0.2, 0.25) is 5.02 Å². The van der Waals surface area contributed by atoms with Crippen molar-refractivity contribution in [1.29, 1.82) is 0 Å². The fourth-order valence-electron chi connectivity index (χ4n) is 2.01. The van der Waals surface area contributed by atoms with Gasteiger partial charge in [-0.05, 0) is 25.0 Å². The van der Waals surface area contributed by atoms with Gasteiger partial charge in [0.05, 0.1) is 11.6 Å². The zero-order valence-corrected chi connectivity index (χ0v) is 13.7. The number of halogens is 1. The third-order valence-electron chi connectivity index (χ3n) is 3.16. The lowest BCUT2D eigenvalue weighted by atomic mass is 10.3. The van der Waals surface area contributed by atoms with Gasteiger partial charge < -0.3 is 9.73 Å². The average molecular weight is 324 g/mol. The molecule has 1 aliphatic rings. The van der Waals surface area contributed by atoms with Crippen LogP contribution in [-0.2, 0) is 6.54 Å². The van der Waals surface area contributed by atoms with E-state index < -0.39 is 0 Å². The molecule has 0 amide bonds. The topological polar surface area (TPSA) is 51.0 Å². The van der Waals surface area contributed by atoms with Crippen LogP contribution in [0.15, 0.2) is 27.5 Å². The Morgan fingerprint density at radius 3 is 2.90 bits per heavy atom. The number of rotatable bonds is 6. The maximum atomic E-state index is 6.30. The molecule has 112 valence electrons. The molecular weight excluding hydrogens is 306 g/mol. The predicted octanol–water partition coefficient (Wildman–Crippen LogP) is 4.71. The van der Waals surface area contributed by atoms with Crippen LogP contribution in [-0.4, -0.2) is 15.4 Å². The molecule has 3 rings (SSSR count). The van der Waals surface area contributed by atoms with E-state index >= 15 is 0 Å². The number of benzene rings is 1. The number of thioether (sulfide) groups is 1. The SMILES string of the molecule is CC(C)Sc1c(Cl)cccc1NCc1nnc(C2CC2)o1. The largest absolute Gasteiger partial charge is 0.423 e. The van der Waals surface area contributed by atoms with Crippen molar-refractivity contribution in [2.75, 3.05) is 5.32 Å². The quantitative estimate of drug-likeness (QED) is 0.780. The molecule has 0 spiro atoms. The summed E-state index contributed by atoms with van der Waals surface area (Å²) in [4.78, 5) is 1.07. The van der Waals surface area contributed by atoms with Gasteiger partial charge in [-0.15, -0.1) is 22.0 Å². The molecule has 1 heterocycles. The second-order valence-corrected chi connectivity index (χ2v) is 7.44. The molecule has 6 heteroatoms. The van der Waals surface area contributed by atoms with Gasteiger partial charge in [0.15, 0.2) is 0 Å². The van der Waals surface area contributed by atoms with E-state index in [2.05, 4.69) is 29.4 Å². The molecule has 1 aromatic heterocycles. The van der Waals surface area contributed by atoms with E-state index in [0.717, 1.165) is 21.5 Å². The van der Waals surface area contributed by atoms with Gasteiger partial charge >= 0.3 is 0 Å². The molecule has 1 N–H and O–H groups in total. The fourth-order valence-corrected chi connectivity index (χ4v) is 3.24. The van der Waals surface area contributed by atoms with Crippen LogP contribution in [0.1, 0.15) is 44.4 Å². The first-order chi connectivity index (χ1) is 10.1. The van der Waals surface area contributed by atoms with Crippen molar-refractivity contribution in [2.45, 2.75) is 49.3 Å². The molecule has 0 unspecified atom stereocenters. The van der Waals surface area contributed by atoms with Crippen molar-refractivity contribution < 1.29 is 4.42 Å². The van der Waals surface area contributed by atoms with E-state index in [1.165, 1.54) is 12.8 Å². The van der Waals surface area contributed by atoms with Crippen LogP contribution < -0.4 is 5.32 Å². The van der Waals surface area contributed by atoms with Crippen molar-refractivity contribution in [3.63, 3.8) is 0 Å². The minimum Gasteiger partial charge on any atom is -0.423 e. The van der Waals surface area contributed by atoms with Gasteiger partial charge in [-0.1, -0.05) is 31.5 Å². The Morgan fingerprint density at radius 1 is 1.38 bits per heavy atom. The van der Waals surface area contributed by atoms with E-state index in [1.807, 2.05) is 18.2 Å². The molecule has 0 radical (unpaired) electrons. The van der Waals surface area contributed by atoms with Crippen LogP contribution in [0.4, 0.5) is 5.69 Å². The Bertz CT molecular complexity index is 625. The summed E-state index contributed by atoms with van der Waals surface area (Å²) in [6, 6.07) is 5.88. The van der Waals surface area contributed by atoms with Crippen molar-refractivity contribution in [3.8, 4) is 0 Å². The minimum atomic E-state index is 0.468. The summed E-state index contributed by atoms with van der Waals surface area (Å²) in [6.45, 7) is 4.82. The Hall–Kier alpha value is -1.20. The second kappa shape index (κ2) is 6.28. The maximum absolute atomic E-state index is 6.30. The number of nitrogens with zero attached hydrogens (tertiary/aromatic N) is 2. The summed E-state index contributed by atoms with van der Waals surface area (Å²) >= 11 is 8.04. The maximum Gasteiger partial charge on any atom is 0.235 e. The molecular formula is C15H18ClN3OS. The molecule has 1 fully saturated rings. The first-order valence-electron chi connectivity index (χ1n) is 7.15. The molecule has 0 atom stereocenters. The smallest absolute Gasteiger partial charge is 0.235 e. The summed E-state index contributed by atoms with van der Waals surface area (Å²) in [6.07, 6.45) is 2.33. The van der Waals surface area contributed by atoms with Crippen LogP contribution >= 0.6 is 23.4 Å². The molecule has 1 aliphatic carbocycles. The highest BCUT2D eigenvalue weighted by atomic mass is 35.5. The predicted molar refractivity (Wildman–Crippen MR) is 86.0 cm³/mol. The van der Waals surface area contributed by atoms with Crippen molar-refractivity contribution in [3.05, 3.63) is 35.0 Å². The highest BCUT2D eigenvalue weighted by molar-refractivity contribution is 8.00. The van der Waals surface area contributed by atoms with Crippen LogP contribution in [0.3, 0.4) is 0 Å². The number of aromatic nitrogens is 2. The molecule has 0 bridgehead atoms. The third kappa shape index (κ3) is 3.71. The first kappa shape index (κ1) is 14.7. The summed E-state index contributed by atoms with van der Waals surface area (Å²) in [5, 5.41) is 12.8. The van der Waals surface area contributed by atoms with E-state index in [9.17, 15) is 0 Å². The summed E-state index contributed by atoms with van der Waals surface area (Å²) in [5.74, 6) is 1.89. The Morgan fingerprint density at radius 2 is 2.19 bits per heavy atom. The van der Waals surface area contributed by atoms with E-state index in [0.29, 0.717) is 23.6 Å². The van der Waals surface area contributed by atoms with Gasteiger partial charge in [0, 0.05) is 21.8 Å². The van der Waals surface area contributed by atoms with Crippen LogP contribution in [0, 0.1) is 0 Å². The monoisotopic (exact) mass is 323 g/mol. The summed E-state index contributed by atoms with van der Waals surface area (Å²) in [5.41, 5.74) is 1.01. The Kier molecular flexibility index (Phi) is 4.40. The van der Waals surface area contributed by atoms with Gasteiger partial charge in [-0.3, -0.25) is 0 Å². The molecule has 1 saturated carbocycles. The summed E-state index contributed by atoms with van der Waals surface area (Å²) in [7, 11) is 0. The molecule has 21 heavy (non-hydrogen) atoms. The summed E-state index contributed by atoms with van der Waals surface area (Å²) < 4.78 is 5.66. The number of anilines is 1. The minimum absolute atomic E-state index is 0.468. The molecule has 0 saturated heterocycles. The Labute approximate surface area is 133 Å². The van der Waals surface area contributed by atoms with E-state index in [-0.39, 0.29) is 0 Å². The van der Waals surface area contributed by atoms with Crippen LogP contribution in [0.25, 0.3) is 0 Å². The van der Waals surface area contributed by atoms with Gasteiger partial charge in [-0.25, -0.2) is 0 Å². The average Bonchev–Trinajstić information content (AvgIpc) is 3.19. The zero-order valence-electron chi connectivity index (χ0n) is 12.1. The Balaban J connectivity index is 1.70. The molecule has 0 aliphatic heterocycles. The van der Waals surface area contributed by atoms with Crippen LogP contribution in [0.5, 0.6) is 0 Å². The number of nitrogens with one attached hydrogen (secondary N) is 1. The lowest BCUT2D eigenvalue weighted by Crippen LogP contribution is -2.02. The lowest BCUT2D eigenvalue weighted by Gasteiger charge is -2.13. The lowest BCUT2D eigenvalue weighted by molar-refractivity contribution is 0.457. The van der Waals surface area contributed by atoms with Crippen molar-refractivity contribution >= 4 is 29.1 Å². The molecule has 1 aromatic carbocycles. The molecule has 2 aromatic rings. The van der Waals surface area contributed by atoms with Gasteiger partial charge in [0.25, 0.3) is 0 Å². The first-order valence-corrected chi connectivity index (χ1v) is 8.40. The fraction of sp³-hybridized carbons (Fsp3) is 0.467. The van der Waals surface area contributed by atoms with Gasteiger partial charge in [-0.2, -0.15) is 0 Å². The van der Waals surface area contributed by atoms with Crippen molar-refractivity contribution in [1.82, 2.24) is 10.2 Å².